The van der Waals surface area contributed by atoms with Crippen molar-refractivity contribution in [3.8, 4) is 11.6 Å². The van der Waals surface area contributed by atoms with Crippen LogP contribution in [0.1, 0.15) is 90.6 Å². The average molecular weight is 773 g/mol. The van der Waals surface area contributed by atoms with Gasteiger partial charge in [0.25, 0.3) is 5.91 Å². The molecule has 0 bridgehead atoms. The Kier molecular flexibility index (Phi) is 10.7. The molecule has 2 aromatic rings. The highest BCUT2D eigenvalue weighted by Gasteiger charge is 2.62. The minimum Gasteiger partial charge on any atom is -0.497 e. The van der Waals surface area contributed by atoms with Gasteiger partial charge in [0.05, 0.1) is 22.9 Å². The summed E-state index contributed by atoms with van der Waals surface area (Å²) in [7, 11) is -6.61. The second-order valence-corrected chi connectivity index (χ2v) is 17.4. The van der Waals surface area contributed by atoms with Gasteiger partial charge >= 0.3 is 6.09 Å². The van der Waals surface area contributed by atoms with Crippen molar-refractivity contribution >= 4 is 50.4 Å². The van der Waals surface area contributed by atoms with Crippen LogP contribution >= 0.6 is 0 Å². The van der Waals surface area contributed by atoms with E-state index in [1.807, 2.05) is 6.92 Å². The summed E-state index contributed by atoms with van der Waals surface area (Å²) in [4.78, 5) is 73.7. The molecule has 0 unspecified atom stereocenters. The van der Waals surface area contributed by atoms with Crippen LogP contribution in [-0.4, -0.2) is 96.1 Å². The summed E-state index contributed by atoms with van der Waals surface area (Å²) in [5.41, 5.74) is -1.70. The van der Waals surface area contributed by atoms with Crippen molar-refractivity contribution in [2.24, 2.45) is 5.92 Å². The van der Waals surface area contributed by atoms with Crippen molar-refractivity contribution in [3.63, 3.8) is 0 Å². The van der Waals surface area contributed by atoms with Gasteiger partial charge in [-0.1, -0.05) is 18.9 Å². The fraction of sp³-hybridized carbons (Fsp3) is 0.579. The molecule has 54 heavy (non-hydrogen) atoms. The molecule has 1 aromatic heterocycles. The molecule has 3 N–H and O–H groups in total. The number of benzene rings is 1. The number of pyridine rings is 1. The monoisotopic (exact) mass is 772 g/mol. The largest absolute Gasteiger partial charge is 0.497 e. The molecule has 5 rings (SSSR count). The van der Waals surface area contributed by atoms with E-state index < -0.39 is 75.5 Å². The molecule has 3 fully saturated rings. The maximum atomic E-state index is 14.5. The standard InChI is InChI=1S/C38H51N5O10S/c1-8-24-20-38(24,35(47)42-54(49,50)28-11-12-28)41-32(45)31-19-27(52-33-29-13-10-26(51-7)18-23(29)15-16-39-33)21-43(31)34(46)30(14-9-25(44)17-22(2)3)40-36(48)53-37(4,5)6/h10,13,15-18,24,27-28,30-31H,8-9,11-12,14,19-21H2,1-7H3,(H,40,48)(H,41,45)(H,42,47)/t24-,27-,30+,31+,38-/m1/s1/i7D3. The topological polar surface area (TPSA) is 199 Å². The Morgan fingerprint density at radius 1 is 1.15 bits per heavy atom. The van der Waals surface area contributed by atoms with Crippen molar-refractivity contribution in [2.75, 3.05) is 13.6 Å². The van der Waals surface area contributed by atoms with Crippen LogP contribution in [0.25, 0.3) is 10.8 Å². The number of nitrogens with one attached hydrogen (secondary N) is 3. The van der Waals surface area contributed by atoms with Gasteiger partial charge in [-0.3, -0.25) is 23.9 Å². The maximum Gasteiger partial charge on any atom is 0.408 e. The van der Waals surface area contributed by atoms with Crippen LogP contribution in [0.4, 0.5) is 4.79 Å². The Labute approximate surface area is 320 Å². The normalized spacial score (nSPS) is 23.9. The van der Waals surface area contributed by atoms with Crippen LogP contribution in [0.3, 0.4) is 0 Å². The highest BCUT2D eigenvalue weighted by Crippen LogP contribution is 2.47. The summed E-state index contributed by atoms with van der Waals surface area (Å²) in [5, 5.41) is 5.71. The second kappa shape index (κ2) is 15.9. The van der Waals surface area contributed by atoms with Crippen molar-refractivity contribution in [2.45, 2.75) is 121 Å². The van der Waals surface area contributed by atoms with Gasteiger partial charge in [0.1, 0.15) is 35.1 Å². The van der Waals surface area contributed by atoms with Crippen molar-refractivity contribution in [1.29, 1.82) is 0 Å². The number of carbonyl (C=O) groups excluding carboxylic acids is 5. The third-order valence-electron chi connectivity index (χ3n) is 9.61. The molecule has 15 nitrogen and oxygen atoms in total. The summed E-state index contributed by atoms with van der Waals surface area (Å²) in [5.74, 6) is -2.73. The SMILES string of the molecule is [2H]C([2H])([2H])Oc1ccc2c(O[C@@H]3C[C@@H](C(=O)N[C@]4(C(=O)NS(=O)(=O)C5CC5)C[C@H]4CC)N(C(=O)[C@H](CCC(=O)C=C(C)C)NC(=O)OC(C)(C)C)C3)nccc2c1. The molecule has 1 aliphatic heterocycles. The quantitative estimate of drug-likeness (QED) is 0.223. The molecule has 294 valence electrons. The molecule has 4 amide bonds. The van der Waals surface area contributed by atoms with Gasteiger partial charge in [-0.15, -0.1) is 0 Å². The van der Waals surface area contributed by atoms with Crippen LogP contribution in [0, 0.1) is 5.92 Å². The van der Waals surface area contributed by atoms with Crippen molar-refractivity contribution in [3.05, 3.63) is 42.1 Å². The first-order valence-electron chi connectivity index (χ1n) is 19.6. The van der Waals surface area contributed by atoms with Crippen LogP contribution < -0.4 is 24.8 Å². The zero-order valence-corrected chi connectivity index (χ0v) is 32.2. The number of ether oxygens (including phenoxy) is 3. The number of nitrogens with zero attached hydrogens (tertiary/aromatic N) is 2. The number of methoxy groups -OCH3 is 1. The number of carbonyl (C=O) groups is 5. The van der Waals surface area contributed by atoms with Crippen molar-refractivity contribution in [1.82, 2.24) is 25.2 Å². The van der Waals surface area contributed by atoms with E-state index in [0.717, 1.165) is 5.57 Å². The van der Waals surface area contributed by atoms with E-state index >= 15 is 0 Å². The zero-order chi connectivity index (χ0) is 42.1. The van der Waals surface area contributed by atoms with E-state index in [0.29, 0.717) is 30.0 Å². The lowest BCUT2D eigenvalue weighted by Gasteiger charge is -2.30. The Morgan fingerprint density at radius 3 is 2.52 bits per heavy atom. The third kappa shape index (κ3) is 9.68. The first-order valence-corrected chi connectivity index (χ1v) is 19.6. The minimum absolute atomic E-state index is 0.0916. The summed E-state index contributed by atoms with van der Waals surface area (Å²) in [6.45, 7) is 10.1. The summed E-state index contributed by atoms with van der Waals surface area (Å²) in [6, 6.07) is 3.57. The van der Waals surface area contributed by atoms with E-state index in [4.69, 9.17) is 18.3 Å². The Morgan fingerprint density at radius 2 is 1.89 bits per heavy atom. The zero-order valence-electron chi connectivity index (χ0n) is 34.4. The van der Waals surface area contributed by atoms with Crippen molar-refractivity contribution < 1.29 is 50.7 Å². The highest BCUT2D eigenvalue weighted by atomic mass is 32.2. The van der Waals surface area contributed by atoms with E-state index in [1.165, 1.54) is 29.3 Å². The number of likely N-dealkylation sites (tertiary alicyclic amines) is 1. The first-order chi connectivity index (χ1) is 26.5. The number of rotatable bonds is 15. The lowest BCUT2D eigenvalue weighted by Crippen LogP contribution is -2.58. The molecular weight excluding hydrogens is 719 g/mol. The maximum absolute atomic E-state index is 14.5. The Hall–Kier alpha value is -4.73. The fourth-order valence-corrected chi connectivity index (χ4v) is 8.07. The fourth-order valence-electron chi connectivity index (χ4n) is 6.70. The van der Waals surface area contributed by atoms with E-state index in [-0.39, 0.29) is 55.6 Å². The molecule has 2 heterocycles. The molecule has 1 saturated heterocycles. The molecule has 5 atom stereocenters. The number of aromatic nitrogens is 1. The molecule has 0 spiro atoms. The summed E-state index contributed by atoms with van der Waals surface area (Å²) >= 11 is 0. The van der Waals surface area contributed by atoms with Gasteiger partial charge in [0.15, 0.2) is 5.78 Å². The van der Waals surface area contributed by atoms with Gasteiger partial charge in [0.2, 0.25) is 27.7 Å². The van der Waals surface area contributed by atoms with E-state index in [9.17, 15) is 32.4 Å². The van der Waals surface area contributed by atoms with Crippen LogP contribution in [0.15, 0.2) is 42.1 Å². The highest BCUT2D eigenvalue weighted by molar-refractivity contribution is 7.91. The molecule has 1 aromatic carbocycles. The molecule has 3 aliphatic rings. The average Bonchev–Trinajstić information content (AvgIpc) is 4.01. The number of allylic oxidation sites excluding steroid dienone is 2. The lowest BCUT2D eigenvalue weighted by atomic mass is 10.0. The van der Waals surface area contributed by atoms with Crippen LogP contribution in [0.2, 0.25) is 0 Å². The van der Waals surface area contributed by atoms with Gasteiger partial charge < -0.3 is 29.7 Å². The predicted octanol–water partition coefficient (Wildman–Crippen LogP) is 3.69. The molecule has 0 radical (unpaired) electrons. The van der Waals surface area contributed by atoms with Gasteiger partial charge in [0, 0.05) is 24.4 Å². The number of fused-ring (bicyclic) bond motifs is 1. The summed E-state index contributed by atoms with van der Waals surface area (Å²) < 4.78 is 66.7. The van der Waals surface area contributed by atoms with Crippen LogP contribution in [0.5, 0.6) is 11.6 Å². The second-order valence-electron chi connectivity index (χ2n) is 15.5. The molecule has 2 saturated carbocycles. The number of hydrogen-bond donors (Lipinski definition) is 3. The van der Waals surface area contributed by atoms with Crippen LogP contribution in [-0.2, 0) is 33.9 Å². The van der Waals surface area contributed by atoms with E-state index in [1.54, 1.807) is 46.8 Å². The molecular formula is C38H51N5O10S. The number of ketones is 1. The minimum atomic E-state index is -3.93. The number of hydrogen-bond acceptors (Lipinski definition) is 11. The number of sulfonamides is 1. The Balaban J connectivity index is 1.45. The molecule has 2 aliphatic carbocycles. The molecule has 16 heteroatoms. The smallest absolute Gasteiger partial charge is 0.408 e. The van der Waals surface area contributed by atoms with Gasteiger partial charge in [-0.2, -0.15) is 0 Å². The summed E-state index contributed by atoms with van der Waals surface area (Å²) in [6.07, 6.45) is 2.25. The first kappa shape index (κ1) is 36.3. The predicted molar refractivity (Wildman–Crippen MR) is 199 cm³/mol. The van der Waals surface area contributed by atoms with Gasteiger partial charge in [-0.25, -0.2) is 18.2 Å². The van der Waals surface area contributed by atoms with Gasteiger partial charge in [-0.05, 0) is 102 Å². The van der Waals surface area contributed by atoms with E-state index in [2.05, 4.69) is 20.3 Å². The Bertz CT molecular complexity index is 2050. The lowest BCUT2D eigenvalue weighted by molar-refractivity contribution is -0.141. The number of amides is 4. The third-order valence-corrected chi connectivity index (χ3v) is 11.4. The number of alkyl carbamates (subject to hydrolysis) is 1.